The molecule has 0 aliphatic heterocycles. The predicted octanol–water partition coefficient (Wildman–Crippen LogP) is 1.62. The first-order valence-electron chi connectivity index (χ1n) is 3.36. The van der Waals surface area contributed by atoms with Crippen LogP contribution in [0.5, 0.6) is 0 Å². The summed E-state index contributed by atoms with van der Waals surface area (Å²) in [6, 6.07) is 0. The van der Waals surface area contributed by atoms with Gasteiger partial charge in [-0.15, -0.1) is 0 Å². The van der Waals surface area contributed by atoms with Crippen LogP contribution in [-0.2, 0) is 4.79 Å². The molecule has 1 unspecified atom stereocenters. The lowest BCUT2D eigenvalue weighted by Crippen LogP contribution is -2.04. The first-order chi connectivity index (χ1) is 3.85. The SMILES string of the molecule is [2H]C(=O)C([2H])C(C)(C)C. The predicted molar refractivity (Wildman–Crippen MR) is 30.1 cm³/mol. The summed E-state index contributed by atoms with van der Waals surface area (Å²) in [5.74, 6) is 0. The molecule has 42 valence electrons. The van der Waals surface area contributed by atoms with Crippen LogP contribution in [0.25, 0.3) is 0 Å². The van der Waals surface area contributed by atoms with Crippen LogP contribution in [0.4, 0.5) is 0 Å². The van der Waals surface area contributed by atoms with Crippen molar-refractivity contribution in [1.29, 1.82) is 0 Å². The molecule has 0 aliphatic carbocycles. The van der Waals surface area contributed by atoms with E-state index in [0.717, 1.165) is 0 Å². The van der Waals surface area contributed by atoms with E-state index in [1.165, 1.54) is 0 Å². The zero-order chi connectivity index (χ0) is 7.65. The van der Waals surface area contributed by atoms with E-state index in [9.17, 15) is 4.79 Å². The van der Waals surface area contributed by atoms with Crippen LogP contribution in [0.1, 0.15) is 29.9 Å². The number of rotatable bonds is 1. The first kappa shape index (κ1) is 3.65. The van der Waals surface area contributed by atoms with Gasteiger partial charge in [0.1, 0.15) is 7.63 Å². The van der Waals surface area contributed by atoms with Gasteiger partial charge in [-0.05, 0) is 5.41 Å². The monoisotopic (exact) mass is 102 g/mol. The van der Waals surface area contributed by atoms with Crippen LogP contribution in [0, 0.1) is 5.41 Å². The summed E-state index contributed by atoms with van der Waals surface area (Å²) in [6.45, 7) is 5.32. The number of hydrogen-bond acceptors (Lipinski definition) is 1. The standard InChI is InChI=1S/C6H12O/c1-6(2,3)4-5-7/h5H,4H2,1-3H3/i4D,5D. The van der Waals surface area contributed by atoms with E-state index in [1.807, 2.05) is 0 Å². The summed E-state index contributed by atoms with van der Waals surface area (Å²) in [7, 11) is 0. The lowest BCUT2D eigenvalue weighted by molar-refractivity contribution is -0.109. The molecular weight excluding hydrogens is 88.1 g/mol. The Morgan fingerprint density at radius 1 is 1.86 bits per heavy atom. The number of carbonyl (C=O) groups excluding carboxylic acids is 1. The highest BCUT2D eigenvalue weighted by atomic mass is 16.1. The van der Waals surface area contributed by atoms with Crippen LogP contribution in [-0.4, -0.2) is 6.26 Å². The minimum absolute atomic E-state index is 0.390. The molecule has 1 atom stereocenters. The molecule has 7 heavy (non-hydrogen) atoms. The van der Waals surface area contributed by atoms with E-state index in [-0.39, 0.29) is 0 Å². The Kier molecular flexibility index (Phi) is 1.09. The fourth-order valence-corrected chi connectivity index (χ4v) is 0.177. The van der Waals surface area contributed by atoms with Gasteiger partial charge in [-0.2, -0.15) is 0 Å². The average Bonchev–Trinajstić information content (AvgIpc) is 1.62. The van der Waals surface area contributed by atoms with Gasteiger partial charge in [-0.3, -0.25) is 0 Å². The Bertz CT molecular complexity index is 115. The molecule has 0 aromatic carbocycles. The molecule has 0 aliphatic rings. The van der Waals surface area contributed by atoms with Crippen LogP contribution < -0.4 is 0 Å². The largest absolute Gasteiger partial charge is 0.303 e. The summed E-state index contributed by atoms with van der Waals surface area (Å²) in [5, 5.41) is 0. The highest BCUT2D eigenvalue weighted by Crippen LogP contribution is 2.15. The third kappa shape index (κ3) is 5.67. The first-order valence-corrected chi connectivity index (χ1v) is 2.28. The summed E-state index contributed by atoms with van der Waals surface area (Å²) < 4.78 is 13.8. The number of aldehydes is 1. The van der Waals surface area contributed by atoms with E-state index < -0.39 is 18.1 Å². The van der Waals surface area contributed by atoms with E-state index in [0.29, 0.717) is 0 Å². The van der Waals surface area contributed by atoms with E-state index in [1.54, 1.807) is 20.8 Å². The summed E-state index contributed by atoms with van der Waals surface area (Å²) >= 11 is 0. The van der Waals surface area contributed by atoms with Crippen molar-refractivity contribution >= 4 is 6.26 Å². The van der Waals surface area contributed by atoms with Gasteiger partial charge in [0.05, 0.1) is 0 Å². The fourth-order valence-electron chi connectivity index (χ4n) is 0.177. The van der Waals surface area contributed by atoms with Crippen molar-refractivity contribution in [1.82, 2.24) is 0 Å². The third-order valence-electron chi connectivity index (χ3n) is 0.492. The molecule has 0 radical (unpaired) electrons. The maximum atomic E-state index is 10.3. The quantitative estimate of drug-likeness (QED) is 0.460. The van der Waals surface area contributed by atoms with Gasteiger partial charge < -0.3 is 4.79 Å². The second-order valence-corrected chi connectivity index (χ2v) is 2.63. The van der Waals surface area contributed by atoms with Crippen molar-refractivity contribution in [2.45, 2.75) is 27.2 Å². The van der Waals surface area contributed by atoms with Gasteiger partial charge in [0, 0.05) is 7.77 Å². The molecule has 0 fully saturated rings. The molecule has 0 saturated heterocycles. The molecule has 0 spiro atoms. The number of carbonyl (C=O) groups is 1. The normalized spacial score (nSPS) is 19.9. The Morgan fingerprint density at radius 3 is 2.29 bits per heavy atom. The topological polar surface area (TPSA) is 17.1 Å². The third-order valence-corrected chi connectivity index (χ3v) is 0.492. The molecule has 0 aromatic rings. The highest BCUT2D eigenvalue weighted by molar-refractivity contribution is 5.50. The minimum Gasteiger partial charge on any atom is -0.303 e. The minimum atomic E-state index is -0.905. The van der Waals surface area contributed by atoms with E-state index >= 15 is 0 Å². The summed E-state index contributed by atoms with van der Waals surface area (Å²) in [5.41, 5.74) is -0.390. The van der Waals surface area contributed by atoms with Crippen molar-refractivity contribution in [3.05, 3.63) is 0 Å². The molecule has 0 saturated carbocycles. The van der Waals surface area contributed by atoms with Crippen molar-refractivity contribution in [2.24, 2.45) is 5.41 Å². The maximum Gasteiger partial charge on any atom is 0.120 e. The molecule has 0 amide bonds. The van der Waals surface area contributed by atoms with Crippen LogP contribution in [0.3, 0.4) is 0 Å². The second-order valence-electron chi connectivity index (χ2n) is 2.63. The molecule has 1 heteroatoms. The molecule has 0 bridgehead atoms. The number of hydrogen-bond donors (Lipinski definition) is 0. The van der Waals surface area contributed by atoms with Crippen LogP contribution in [0.15, 0.2) is 0 Å². The zero-order valence-corrected chi connectivity index (χ0v) is 4.99. The molecule has 0 aromatic heterocycles. The van der Waals surface area contributed by atoms with E-state index in [4.69, 9.17) is 2.74 Å². The van der Waals surface area contributed by atoms with Crippen molar-refractivity contribution in [3.8, 4) is 0 Å². The van der Waals surface area contributed by atoms with Crippen molar-refractivity contribution in [2.75, 3.05) is 0 Å². The lowest BCUT2D eigenvalue weighted by atomic mass is 9.93. The van der Waals surface area contributed by atoms with Gasteiger partial charge in [0.25, 0.3) is 0 Å². The summed E-state index contributed by atoms with van der Waals surface area (Å²) in [6.07, 6.45) is -1.71. The zero-order valence-electron chi connectivity index (χ0n) is 6.99. The maximum absolute atomic E-state index is 10.3. The second kappa shape index (κ2) is 2.10. The Hall–Kier alpha value is -0.330. The van der Waals surface area contributed by atoms with Crippen molar-refractivity contribution in [3.63, 3.8) is 0 Å². The summed E-state index contributed by atoms with van der Waals surface area (Å²) in [4.78, 5) is 10.3. The molecule has 0 heterocycles. The van der Waals surface area contributed by atoms with Crippen molar-refractivity contribution < 1.29 is 7.54 Å². The highest BCUT2D eigenvalue weighted by Gasteiger charge is 2.06. The Labute approximate surface area is 47.5 Å². The van der Waals surface area contributed by atoms with Crippen LogP contribution in [0.2, 0.25) is 0 Å². The van der Waals surface area contributed by atoms with Gasteiger partial charge in [-0.1, -0.05) is 20.8 Å². The Balaban J connectivity index is 4.04. The molecule has 1 nitrogen and oxygen atoms in total. The lowest BCUT2D eigenvalue weighted by Gasteiger charge is -2.11. The molecular formula is C6H12O. The average molecular weight is 102 g/mol. The molecule has 0 N–H and O–H groups in total. The molecule has 0 rings (SSSR count). The fraction of sp³-hybridized carbons (Fsp3) is 0.833. The smallest absolute Gasteiger partial charge is 0.120 e. The van der Waals surface area contributed by atoms with Gasteiger partial charge in [0.15, 0.2) is 0 Å². The van der Waals surface area contributed by atoms with Crippen LogP contribution >= 0.6 is 0 Å². The van der Waals surface area contributed by atoms with Gasteiger partial charge in [0.2, 0.25) is 0 Å². The Morgan fingerprint density at radius 2 is 2.29 bits per heavy atom. The van der Waals surface area contributed by atoms with E-state index in [2.05, 4.69) is 0 Å². The van der Waals surface area contributed by atoms with Gasteiger partial charge >= 0.3 is 0 Å². The van der Waals surface area contributed by atoms with Gasteiger partial charge in [-0.25, -0.2) is 0 Å².